The lowest BCUT2D eigenvalue weighted by molar-refractivity contribution is -0.136. The van der Waals surface area contributed by atoms with Crippen molar-refractivity contribution in [2.24, 2.45) is 11.8 Å². The summed E-state index contributed by atoms with van der Waals surface area (Å²) in [5.74, 6) is 0.930. The number of aromatic nitrogens is 4. The van der Waals surface area contributed by atoms with E-state index in [1.54, 1.807) is 22.2 Å². The smallest absolute Gasteiger partial charge is 0.407 e. The van der Waals surface area contributed by atoms with Crippen molar-refractivity contribution in [1.82, 2.24) is 40.4 Å². The van der Waals surface area contributed by atoms with Crippen molar-refractivity contribution in [1.29, 1.82) is 0 Å². The van der Waals surface area contributed by atoms with Crippen LogP contribution in [-0.4, -0.2) is 93.1 Å². The molecule has 2 aromatic rings. The van der Waals surface area contributed by atoms with Crippen molar-refractivity contribution in [3.05, 3.63) is 41.5 Å². The lowest BCUT2D eigenvalue weighted by Gasteiger charge is -2.30. The van der Waals surface area contributed by atoms with Gasteiger partial charge in [0, 0.05) is 31.4 Å². The largest absolute Gasteiger partial charge is 0.453 e. The standard InChI is InChI=1S/C31H46N8O6/c1-18(2)24(36-30(42)44-5)28(40)38-14-8-12-22(38)26-32-16-20(34-26)10-7-11-21-17-33-27(35-21)23-13-9-15-39(23)29(41)25(19(3)4)37-31(43)45-6/h7,10,16-19,22-25H,8-9,11-15H2,1-6H3,(H,32,34)(H,33,35)(H,36,42)(H,37,43)/t22-,23-,24-,25-/m1/s1. The first-order chi connectivity index (χ1) is 21.5. The number of likely N-dealkylation sites (tertiary alicyclic amines) is 2. The highest BCUT2D eigenvalue weighted by atomic mass is 16.5. The number of hydrogen-bond donors (Lipinski definition) is 4. The summed E-state index contributed by atoms with van der Waals surface area (Å²) in [5, 5.41) is 5.34. The topological polar surface area (TPSA) is 175 Å². The SMILES string of the molecule is COC(=O)N[C@@H](C(=O)N1CCC[C@@H]1c1ncc(C=CCc2cnc([C@H]3CCCN3C(=O)[C@H](NC(=O)OC)C(C)C)[nH]2)[nH]1)C(C)C. The number of nitrogens with one attached hydrogen (secondary N) is 4. The molecule has 4 rings (SSSR count). The van der Waals surface area contributed by atoms with E-state index in [0.29, 0.717) is 25.3 Å². The van der Waals surface area contributed by atoms with Crippen molar-refractivity contribution < 1.29 is 28.7 Å². The average molecular weight is 627 g/mol. The summed E-state index contributed by atoms with van der Waals surface area (Å²) < 4.78 is 9.43. The molecule has 2 aliphatic heterocycles. The minimum Gasteiger partial charge on any atom is -0.453 e. The molecule has 0 saturated carbocycles. The molecule has 45 heavy (non-hydrogen) atoms. The van der Waals surface area contributed by atoms with E-state index in [4.69, 9.17) is 9.47 Å². The summed E-state index contributed by atoms with van der Waals surface area (Å²) in [6, 6.07) is -1.77. The fourth-order valence-corrected chi connectivity index (χ4v) is 5.95. The van der Waals surface area contributed by atoms with Crippen LogP contribution in [0.3, 0.4) is 0 Å². The van der Waals surface area contributed by atoms with E-state index in [-0.39, 0.29) is 35.7 Å². The molecule has 2 aromatic heterocycles. The maximum atomic E-state index is 13.4. The third-order valence-electron chi connectivity index (χ3n) is 8.38. The number of ether oxygens (including phenoxy) is 2. The summed E-state index contributed by atoms with van der Waals surface area (Å²) in [6.07, 6.45) is 10.0. The van der Waals surface area contributed by atoms with E-state index >= 15 is 0 Å². The number of aromatic amines is 2. The molecule has 4 atom stereocenters. The number of carbonyl (C=O) groups excluding carboxylic acids is 4. The number of amides is 4. The molecule has 0 spiro atoms. The van der Waals surface area contributed by atoms with Gasteiger partial charge in [0.25, 0.3) is 0 Å². The van der Waals surface area contributed by atoms with Gasteiger partial charge in [0.05, 0.1) is 38.2 Å². The molecule has 0 unspecified atom stereocenters. The van der Waals surface area contributed by atoms with Crippen LogP contribution in [0.1, 0.15) is 88.5 Å². The highest BCUT2D eigenvalue weighted by Crippen LogP contribution is 2.33. The predicted octanol–water partition coefficient (Wildman–Crippen LogP) is 3.48. The monoisotopic (exact) mass is 626 g/mol. The van der Waals surface area contributed by atoms with E-state index < -0.39 is 24.3 Å². The number of rotatable bonds is 11. The van der Waals surface area contributed by atoms with Crippen LogP contribution >= 0.6 is 0 Å². The Morgan fingerprint density at radius 1 is 0.844 bits per heavy atom. The van der Waals surface area contributed by atoms with Crippen LogP contribution in [-0.2, 0) is 25.5 Å². The minimum absolute atomic E-state index is 0.101. The van der Waals surface area contributed by atoms with Gasteiger partial charge in [0.1, 0.15) is 23.7 Å². The fraction of sp³-hybridized carbons (Fsp3) is 0.613. The van der Waals surface area contributed by atoms with Crippen LogP contribution in [0.25, 0.3) is 6.08 Å². The van der Waals surface area contributed by atoms with Crippen LogP contribution in [0, 0.1) is 11.8 Å². The number of hydrogen-bond acceptors (Lipinski definition) is 8. The highest BCUT2D eigenvalue weighted by molar-refractivity contribution is 5.87. The maximum Gasteiger partial charge on any atom is 0.407 e. The molecule has 0 bridgehead atoms. The predicted molar refractivity (Wildman–Crippen MR) is 166 cm³/mol. The molecule has 0 aliphatic carbocycles. The van der Waals surface area contributed by atoms with E-state index in [1.165, 1.54) is 14.2 Å². The molecule has 2 aliphatic rings. The van der Waals surface area contributed by atoms with Crippen LogP contribution in [0.2, 0.25) is 0 Å². The molecule has 14 heteroatoms. The zero-order valence-corrected chi connectivity index (χ0v) is 27.0. The van der Waals surface area contributed by atoms with Gasteiger partial charge in [-0.3, -0.25) is 9.59 Å². The van der Waals surface area contributed by atoms with Gasteiger partial charge in [-0.05, 0) is 43.6 Å². The number of alkyl carbamates (subject to hydrolysis) is 2. The van der Waals surface area contributed by atoms with Crippen molar-refractivity contribution in [2.45, 2.75) is 84.0 Å². The van der Waals surface area contributed by atoms with Crippen molar-refractivity contribution in [2.75, 3.05) is 27.3 Å². The molecular weight excluding hydrogens is 580 g/mol. The molecule has 0 aromatic carbocycles. The maximum absolute atomic E-state index is 13.4. The number of allylic oxidation sites excluding steroid dienone is 1. The van der Waals surface area contributed by atoms with E-state index in [2.05, 4.69) is 30.6 Å². The van der Waals surface area contributed by atoms with Crippen LogP contribution < -0.4 is 10.6 Å². The van der Waals surface area contributed by atoms with Gasteiger partial charge < -0.3 is 39.9 Å². The van der Waals surface area contributed by atoms with Gasteiger partial charge in [-0.25, -0.2) is 19.6 Å². The zero-order valence-electron chi connectivity index (χ0n) is 27.0. The minimum atomic E-state index is -0.686. The molecule has 2 fully saturated rings. The van der Waals surface area contributed by atoms with Gasteiger partial charge in [-0.1, -0.05) is 33.8 Å². The Bertz CT molecular complexity index is 1370. The Morgan fingerprint density at radius 3 is 1.82 bits per heavy atom. The summed E-state index contributed by atoms with van der Waals surface area (Å²) >= 11 is 0. The van der Waals surface area contributed by atoms with Crippen molar-refractivity contribution >= 4 is 30.1 Å². The molecular formula is C31H46N8O6. The Morgan fingerprint density at radius 2 is 1.33 bits per heavy atom. The molecule has 4 amide bonds. The first-order valence-electron chi connectivity index (χ1n) is 15.6. The second-order valence-electron chi connectivity index (χ2n) is 12.2. The first kappa shape index (κ1) is 33.5. The van der Waals surface area contributed by atoms with E-state index in [1.807, 2.05) is 39.8 Å². The van der Waals surface area contributed by atoms with Gasteiger partial charge in [-0.2, -0.15) is 0 Å². The van der Waals surface area contributed by atoms with Gasteiger partial charge in [0.15, 0.2) is 0 Å². The molecule has 0 radical (unpaired) electrons. The zero-order chi connectivity index (χ0) is 32.7. The Hall–Kier alpha value is -4.36. The molecule has 4 N–H and O–H groups in total. The summed E-state index contributed by atoms with van der Waals surface area (Å²) in [4.78, 5) is 69.9. The van der Waals surface area contributed by atoms with E-state index in [9.17, 15) is 19.2 Å². The second-order valence-corrected chi connectivity index (χ2v) is 12.2. The van der Waals surface area contributed by atoms with Crippen LogP contribution in [0.4, 0.5) is 9.59 Å². The van der Waals surface area contributed by atoms with Crippen molar-refractivity contribution in [3.63, 3.8) is 0 Å². The van der Waals surface area contributed by atoms with Crippen LogP contribution in [0.15, 0.2) is 18.5 Å². The number of nitrogens with zero attached hydrogens (tertiary/aromatic N) is 4. The molecule has 4 heterocycles. The molecule has 2 saturated heterocycles. The van der Waals surface area contributed by atoms with Gasteiger partial charge in [-0.15, -0.1) is 0 Å². The normalized spacial score (nSPS) is 19.7. The van der Waals surface area contributed by atoms with Gasteiger partial charge in [0.2, 0.25) is 11.8 Å². The van der Waals surface area contributed by atoms with Gasteiger partial charge >= 0.3 is 12.2 Å². The lowest BCUT2D eigenvalue weighted by Crippen LogP contribution is -2.51. The third-order valence-corrected chi connectivity index (χ3v) is 8.38. The summed E-state index contributed by atoms with van der Waals surface area (Å²) in [5.41, 5.74) is 1.71. The quantitative estimate of drug-likeness (QED) is 0.293. The lowest BCUT2D eigenvalue weighted by atomic mass is 10.0. The van der Waals surface area contributed by atoms with E-state index in [0.717, 1.165) is 42.9 Å². The Balaban J connectivity index is 1.37. The van der Waals surface area contributed by atoms with Crippen LogP contribution in [0.5, 0.6) is 0 Å². The number of methoxy groups -OCH3 is 2. The Kier molecular flexibility index (Phi) is 11.2. The fourth-order valence-electron chi connectivity index (χ4n) is 5.95. The summed E-state index contributed by atoms with van der Waals surface area (Å²) in [7, 11) is 2.56. The molecule has 14 nitrogen and oxygen atoms in total. The second kappa shape index (κ2) is 15.1. The third kappa shape index (κ3) is 8.03. The average Bonchev–Trinajstić information content (AvgIpc) is 3.83. The number of H-pyrrole nitrogens is 2. The van der Waals surface area contributed by atoms with Crippen molar-refractivity contribution in [3.8, 4) is 0 Å². The number of carbonyl (C=O) groups is 4. The molecule has 246 valence electrons. The number of imidazole rings is 2. The highest BCUT2D eigenvalue weighted by Gasteiger charge is 2.38. The Labute approximate surface area is 263 Å². The summed E-state index contributed by atoms with van der Waals surface area (Å²) in [6.45, 7) is 8.74. The first-order valence-corrected chi connectivity index (χ1v) is 15.6.